The number of hydrogen-bond acceptors (Lipinski definition) is 14. The van der Waals surface area contributed by atoms with E-state index in [4.69, 9.17) is 9.47 Å². The molecule has 17 nitrogen and oxygen atoms in total. The van der Waals surface area contributed by atoms with E-state index in [1.807, 2.05) is 0 Å². The number of aryl methyl sites for hydroxylation is 1. The molecule has 10 atom stereocenters. The van der Waals surface area contributed by atoms with Gasteiger partial charge in [0, 0.05) is 18.2 Å². The number of aliphatic hydroxyl groups excluding tert-OH is 3. The third-order valence-corrected chi connectivity index (χ3v) is 8.47. The first-order valence-electron chi connectivity index (χ1n) is 11.0. The molecule has 212 valence electrons. The molecule has 3 rings (SSSR count). The summed E-state index contributed by atoms with van der Waals surface area (Å²) in [6.07, 6.45) is -8.24. The number of ether oxygens (including phenoxy) is 2. The van der Waals surface area contributed by atoms with E-state index in [0.29, 0.717) is 0 Å². The van der Waals surface area contributed by atoms with Gasteiger partial charge in [0.25, 0.3) is 13.4 Å². The van der Waals surface area contributed by atoms with Gasteiger partial charge in [-0.05, 0) is 27.9 Å². The Morgan fingerprint density at radius 2 is 1.86 bits per heavy atom. The first kappa shape index (κ1) is 30.2. The minimum absolute atomic E-state index is 0.146. The van der Waals surface area contributed by atoms with Crippen LogP contribution in [0, 0.1) is 6.92 Å². The van der Waals surface area contributed by atoms with Crippen LogP contribution in [0.4, 0.5) is 0 Å². The van der Waals surface area contributed by atoms with Crippen LogP contribution >= 0.6 is 15.6 Å². The zero-order chi connectivity index (χ0) is 27.9. The molecule has 4 unspecified atom stereocenters. The largest absolute Gasteiger partial charge is 0.756 e. The number of likely N-dealkylation sites (N-methyl/N-ethyl adjacent to an activating group) is 1. The maximum atomic E-state index is 12.3. The molecule has 5 N–H and O–H groups in total. The van der Waals surface area contributed by atoms with Crippen LogP contribution in [0.1, 0.15) is 25.1 Å². The third kappa shape index (κ3) is 7.22. The van der Waals surface area contributed by atoms with Gasteiger partial charge in [-0.15, -0.1) is 0 Å². The fourth-order valence-electron chi connectivity index (χ4n) is 4.01. The zero-order valence-corrected chi connectivity index (χ0v) is 22.1. The summed E-state index contributed by atoms with van der Waals surface area (Å²) in [4.78, 5) is 49.2. The predicted molar refractivity (Wildman–Crippen MR) is 120 cm³/mol. The predicted octanol–water partition coefficient (Wildman–Crippen LogP) is -2.49. The molecule has 2 fully saturated rings. The Hall–Kier alpha value is -1.30. The molecule has 37 heavy (non-hydrogen) atoms. The lowest BCUT2D eigenvalue weighted by atomic mass is 9.96. The number of rotatable bonds is 9. The summed E-state index contributed by atoms with van der Waals surface area (Å²) in [6, 6.07) is -0.987. The second-order valence-corrected chi connectivity index (χ2v) is 11.9. The molecule has 0 bridgehead atoms. The Balaban J connectivity index is 1.60. The van der Waals surface area contributed by atoms with Crippen molar-refractivity contribution in [1.29, 1.82) is 0 Å². The fourth-order valence-corrected chi connectivity index (χ4v) is 6.13. The van der Waals surface area contributed by atoms with Crippen molar-refractivity contribution in [3.05, 3.63) is 32.6 Å². The molecule has 0 aromatic carbocycles. The van der Waals surface area contributed by atoms with Crippen molar-refractivity contribution >= 4 is 15.6 Å². The monoisotopic (exact) mass is 574 g/mol. The van der Waals surface area contributed by atoms with Crippen LogP contribution in [-0.2, 0) is 32.0 Å². The number of aromatic nitrogens is 2. The highest BCUT2D eigenvalue weighted by molar-refractivity contribution is 7.60. The number of hydrogen-bond donors (Lipinski definition) is 5. The van der Waals surface area contributed by atoms with Crippen LogP contribution in [0.25, 0.3) is 0 Å². The molecule has 0 saturated carbocycles. The average molecular weight is 574 g/mol. The highest BCUT2D eigenvalue weighted by Gasteiger charge is 2.46. The van der Waals surface area contributed by atoms with Crippen LogP contribution in [0.5, 0.6) is 0 Å². The molecule has 0 radical (unpaired) electrons. The lowest BCUT2D eigenvalue weighted by molar-refractivity contribution is -0.287. The average Bonchev–Trinajstić information content (AvgIpc) is 3.12. The number of nitrogens with zero attached hydrogens (tertiary/aromatic N) is 2. The van der Waals surface area contributed by atoms with Crippen LogP contribution < -0.4 is 16.1 Å². The van der Waals surface area contributed by atoms with E-state index in [2.05, 4.69) is 18.3 Å². The molecule has 0 spiro atoms. The van der Waals surface area contributed by atoms with Gasteiger partial charge < -0.3 is 39.5 Å². The second-order valence-electron chi connectivity index (χ2n) is 8.95. The van der Waals surface area contributed by atoms with Gasteiger partial charge in [0.15, 0.2) is 6.29 Å². The van der Waals surface area contributed by atoms with E-state index < -0.39 is 82.6 Å². The van der Waals surface area contributed by atoms with E-state index in [1.54, 1.807) is 0 Å². The van der Waals surface area contributed by atoms with Gasteiger partial charge in [-0.25, -0.2) is 13.7 Å². The van der Waals surface area contributed by atoms with Crippen LogP contribution in [0.2, 0.25) is 0 Å². The lowest BCUT2D eigenvalue weighted by Gasteiger charge is -2.45. The van der Waals surface area contributed by atoms with Crippen molar-refractivity contribution in [2.45, 2.75) is 69.3 Å². The van der Waals surface area contributed by atoms with E-state index in [9.17, 15) is 43.8 Å². The molecular formula is C18H30N3O14P2-. The quantitative estimate of drug-likeness (QED) is 0.192. The minimum Gasteiger partial charge on any atom is -0.756 e. The van der Waals surface area contributed by atoms with Crippen molar-refractivity contribution in [2.24, 2.45) is 0 Å². The Labute approximate surface area is 210 Å². The van der Waals surface area contributed by atoms with Crippen LogP contribution in [-0.4, -0.2) is 98.2 Å². The maximum absolute atomic E-state index is 12.3. The lowest BCUT2D eigenvalue weighted by Crippen LogP contribution is -2.62. The third-order valence-electron chi connectivity index (χ3n) is 5.90. The second kappa shape index (κ2) is 11.4. The van der Waals surface area contributed by atoms with Crippen LogP contribution in [0.3, 0.4) is 0 Å². The summed E-state index contributed by atoms with van der Waals surface area (Å²) in [5, 5.41) is 30.8. The Bertz CT molecular complexity index is 1170. The van der Waals surface area contributed by atoms with Crippen molar-refractivity contribution in [3.63, 3.8) is 0 Å². The Morgan fingerprint density at radius 3 is 2.49 bits per heavy atom. The number of phosphoric acid groups is 2. The summed E-state index contributed by atoms with van der Waals surface area (Å²) in [5.41, 5.74) is -1.21. The normalized spacial score (nSPS) is 35.8. The van der Waals surface area contributed by atoms with E-state index in [0.717, 1.165) is 4.57 Å². The number of aromatic amines is 1. The Morgan fingerprint density at radius 1 is 1.22 bits per heavy atom. The molecule has 3 heterocycles. The van der Waals surface area contributed by atoms with Crippen molar-refractivity contribution in [2.75, 3.05) is 20.7 Å². The molecule has 1 aromatic heterocycles. The zero-order valence-electron chi connectivity index (χ0n) is 20.3. The van der Waals surface area contributed by atoms with Gasteiger partial charge in [-0.3, -0.25) is 28.0 Å². The first-order chi connectivity index (χ1) is 17.0. The molecule has 1 aromatic rings. The highest BCUT2D eigenvalue weighted by atomic mass is 31.3. The van der Waals surface area contributed by atoms with Gasteiger partial charge in [-0.2, -0.15) is 0 Å². The molecular weight excluding hydrogens is 544 g/mol. The van der Waals surface area contributed by atoms with Crippen molar-refractivity contribution in [1.82, 2.24) is 14.5 Å². The van der Waals surface area contributed by atoms with Gasteiger partial charge in [0.1, 0.15) is 18.4 Å². The van der Waals surface area contributed by atoms with Gasteiger partial charge in [0.05, 0.1) is 31.0 Å². The summed E-state index contributed by atoms with van der Waals surface area (Å²) >= 11 is 0. The number of nitrogens with one attached hydrogen (secondary N) is 1. The molecule has 2 aliphatic heterocycles. The van der Waals surface area contributed by atoms with Gasteiger partial charge >= 0.3 is 13.5 Å². The molecule has 0 amide bonds. The summed E-state index contributed by atoms with van der Waals surface area (Å²) in [6.45, 7) is 2.03. The molecule has 2 saturated heterocycles. The van der Waals surface area contributed by atoms with E-state index >= 15 is 0 Å². The van der Waals surface area contributed by atoms with Crippen LogP contribution in [0.15, 0.2) is 15.8 Å². The van der Waals surface area contributed by atoms with E-state index in [1.165, 1.54) is 39.0 Å². The number of aliphatic hydroxyl groups is 3. The molecule has 0 aliphatic carbocycles. The van der Waals surface area contributed by atoms with E-state index in [-0.39, 0.29) is 12.0 Å². The summed E-state index contributed by atoms with van der Waals surface area (Å²) in [7, 11) is -7.95. The number of H-pyrrole nitrogens is 1. The standard InChI is InChI=1S/C18H31N3O14P2/c1-8-6-21(18(26)19-16(8)25)12-5-10(22)11(33-12)7-31-36(27,28)35-37(29,30)34-17-15(24)13(20(3)4)14(23)9(2)32-17/h6,9-15,17,22-24H,5,7H2,1-4H3,(H,27,28)(H,29,30)(H,19,25,26)/p-1/t9?,10-,11-,12-,13+,14-,15?,17-/m1/s1. The first-order valence-corrected chi connectivity index (χ1v) is 14.0. The minimum atomic E-state index is -5.63. The van der Waals surface area contributed by atoms with Crippen molar-refractivity contribution in [3.8, 4) is 0 Å². The smallest absolute Gasteiger partial charge is 0.478 e. The Kier molecular flexibility index (Phi) is 9.35. The SMILES string of the molecule is Cc1cn([C@H]2C[C@@H](O)[C@@H](COP(=O)(O)OP(=O)([O-])O[C@H]3OC(C)[C@@H](O)[C@H](N(C)C)C3O)O2)c(=O)[nH]c1=O. The number of phosphoric ester groups is 2. The highest BCUT2D eigenvalue weighted by Crippen LogP contribution is 2.59. The van der Waals surface area contributed by atoms with Gasteiger partial charge in [-0.1, -0.05) is 0 Å². The maximum Gasteiger partial charge on any atom is 0.478 e. The van der Waals surface area contributed by atoms with Crippen molar-refractivity contribution < 1.29 is 57.1 Å². The topological polar surface area (TPSA) is 242 Å². The molecule has 2 aliphatic rings. The summed E-state index contributed by atoms with van der Waals surface area (Å²) in [5.74, 6) is 0. The van der Waals surface area contributed by atoms with Gasteiger partial charge in [0.2, 0.25) is 0 Å². The fraction of sp³-hybridized carbons (Fsp3) is 0.778. The summed E-state index contributed by atoms with van der Waals surface area (Å²) < 4.78 is 49.6. The molecule has 19 heteroatoms.